The molecule has 1 aromatic rings. The van der Waals surface area contributed by atoms with Gasteiger partial charge in [0, 0.05) is 18.5 Å². The number of nitrogens with zero attached hydrogens (tertiary/aromatic N) is 1. The topological polar surface area (TPSA) is 37.4 Å². The van der Waals surface area contributed by atoms with E-state index in [1.165, 1.54) is 30.4 Å². The fourth-order valence-corrected chi connectivity index (χ4v) is 5.02. The van der Waals surface area contributed by atoms with Gasteiger partial charge in [-0.3, -0.25) is 0 Å². The molecule has 0 unspecified atom stereocenters. The van der Waals surface area contributed by atoms with E-state index in [-0.39, 0.29) is 11.2 Å². The summed E-state index contributed by atoms with van der Waals surface area (Å²) < 4.78 is 26.4. The van der Waals surface area contributed by atoms with E-state index in [2.05, 4.69) is 18.2 Å². The number of hydrogen-bond acceptors (Lipinski definition) is 2. The van der Waals surface area contributed by atoms with Crippen LogP contribution in [-0.2, 0) is 22.0 Å². The highest BCUT2D eigenvalue weighted by Crippen LogP contribution is 2.45. The average molecular weight is 293 g/mol. The van der Waals surface area contributed by atoms with Crippen molar-refractivity contribution < 1.29 is 8.42 Å². The molecule has 0 amide bonds. The Morgan fingerprint density at radius 3 is 2.55 bits per heavy atom. The van der Waals surface area contributed by atoms with Crippen LogP contribution in [0.4, 0.5) is 0 Å². The van der Waals surface area contributed by atoms with Crippen LogP contribution in [0.3, 0.4) is 0 Å². The first-order valence-corrected chi connectivity index (χ1v) is 9.24. The predicted octanol–water partition coefficient (Wildman–Crippen LogP) is 3.05. The van der Waals surface area contributed by atoms with E-state index in [1.54, 1.807) is 11.2 Å². The highest BCUT2D eigenvalue weighted by molar-refractivity contribution is 7.89. The van der Waals surface area contributed by atoms with E-state index in [1.807, 2.05) is 6.07 Å². The lowest BCUT2D eigenvalue weighted by atomic mass is 9.66. The SMILES string of the molecule is CCS(=O)(=O)N1Cc2ccccc2C2(CCCCC2)C1. The number of benzene rings is 1. The lowest BCUT2D eigenvalue weighted by molar-refractivity contribution is 0.206. The Hall–Kier alpha value is -0.870. The Bertz CT molecular complexity index is 588. The number of fused-ring (bicyclic) bond motifs is 2. The molecule has 0 N–H and O–H groups in total. The molecule has 0 aromatic heterocycles. The van der Waals surface area contributed by atoms with Gasteiger partial charge < -0.3 is 0 Å². The Labute approximate surface area is 122 Å². The third-order valence-corrected chi connectivity index (χ3v) is 6.76. The van der Waals surface area contributed by atoms with E-state index < -0.39 is 10.0 Å². The summed E-state index contributed by atoms with van der Waals surface area (Å²) in [5, 5.41) is 0. The van der Waals surface area contributed by atoms with E-state index in [4.69, 9.17) is 0 Å². The molecule has 0 bridgehead atoms. The molecule has 3 nitrogen and oxygen atoms in total. The van der Waals surface area contributed by atoms with Crippen molar-refractivity contribution in [2.24, 2.45) is 0 Å². The highest BCUT2D eigenvalue weighted by Gasteiger charge is 2.42. The summed E-state index contributed by atoms with van der Waals surface area (Å²) in [5.41, 5.74) is 2.68. The maximum Gasteiger partial charge on any atom is 0.214 e. The molecular formula is C16H23NO2S. The summed E-state index contributed by atoms with van der Waals surface area (Å²) in [7, 11) is -3.11. The zero-order chi connectivity index (χ0) is 14.2. The third-order valence-electron chi connectivity index (χ3n) is 4.98. The van der Waals surface area contributed by atoms with Gasteiger partial charge in [-0.1, -0.05) is 43.5 Å². The van der Waals surface area contributed by atoms with Gasteiger partial charge in [0.15, 0.2) is 0 Å². The van der Waals surface area contributed by atoms with Crippen molar-refractivity contribution in [3.05, 3.63) is 35.4 Å². The minimum atomic E-state index is -3.11. The lowest BCUT2D eigenvalue weighted by Crippen LogP contribution is -2.49. The number of hydrogen-bond donors (Lipinski definition) is 0. The van der Waals surface area contributed by atoms with Gasteiger partial charge in [0.25, 0.3) is 0 Å². The standard InChI is InChI=1S/C16H23NO2S/c1-2-20(18,19)17-12-14-8-4-5-9-15(14)16(13-17)10-6-3-7-11-16/h4-5,8-9H,2-3,6-7,10-13H2,1H3. The molecule has 1 aliphatic heterocycles. The number of sulfonamides is 1. The number of rotatable bonds is 2. The van der Waals surface area contributed by atoms with Crippen LogP contribution < -0.4 is 0 Å². The second-order valence-electron chi connectivity index (χ2n) is 6.17. The third kappa shape index (κ3) is 2.29. The van der Waals surface area contributed by atoms with Crippen molar-refractivity contribution in [3.63, 3.8) is 0 Å². The van der Waals surface area contributed by atoms with Crippen LogP contribution in [0.2, 0.25) is 0 Å². The van der Waals surface area contributed by atoms with Crippen LogP contribution in [0.25, 0.3) is 0 Å². The van der Waals surface area contributed by atoms with Gasteiger partial charge in [-0.05, 0) is 30.9 Å². The minimum absolute atomic E-state index is 0.0648. The average Bonchev–Trinajstić information content (AvgIpc) is 2.48. The Morgan fingerprint density at radius 2 is 1.85 bits per heavy atom. The Morgan fingerprint density at radius 1 is 1.15 bits per heavy atom. The van der Waals surface area contributed by atoms with Crippen molar-refractivity contribution in [2.45, 2.75) is 51.0 Å². The second-order valence-corrected chi connectivity index (χ2v) is 8.42. The van der Waals surface area contributed by atoms with Crippen LogP contribution in [0, 0.1) is 0 Å². The second kappa shape index (κ2) is 5.15. The van der Waals surface area contributed by atoms with Crippen LogP contribution >= 0.6 is 0 Å². The first-order chi connectivity index (χ1) is 9.57. The first kappa shape index (κ1) is 14.1. The fraction of sp³-hybridized carbons (Fsp3) is 0.625. The molecule has 1 spiro atoms. The van der Waals surface area contributed by atoms with Crippen molar-refractivity contribution in [2.75, 3.05) is 12.3 Å². The predicted molar refractivity (Wildman–Crippen MR) is 81.1 cm³/mol. The molecular weight excluding hydrogens is 270 g/mol. The molecule has 2 aliphatic rings. The first-order valence-electron chi connectivity index (χ1n) is 7.64. The largest absolute Gasteiger partial charge is 0.214 e. The lowest BCUT2D eigenvalue weighted by Gasteiger charge is -2.46. The monoisotopic (exact) mass is 293 g/mol. The van der Waals surface area contributed by atoms with Gasteiger partial charge in [0.2, 0.25) is 10.0 Å². The van der Waals surface area contributed by atoms with E-state index in [9.17, 15) is 8.42 Å². The van der Waals surface area contributed by atoms with E-state index in [0.29, 0.717) is 13.1 Å². The summed E-state index contributed by atoms with van der Waals surface area (Å²) in [4.78, 5) is 0. The van der Waals surface area contributed by atoms with Gasteiger partial charge in [0.1, 0.15) is 0 Å². The van der Waals surface area contributed by atoms with Gasteiger partial charge >= 0.3 is 0 Å². The molecule has 110 valence electrons. The van der Waals surface area contributed by atoms with Crippen molar-refractivity contribution in [1.29, 1.82) is 0 Å². The molecule has 1 saturated carbocycles. The molecule has 1 fully saturated rings. The molecule has 4 heteroatoms. The molecule has 1 heterocycles. The van der Waals surface area contributed by atoms with Gasteiger partial charge in [-0.2, -0.15) is 4.31 Å². The van der Waals surface area contributed by atoms with Gasteiger partial charge in [0.05, 0.1) is 5.75 Å². The van der Waals surface area contributed by atoms with Crippen LogP contribution in [-0.4, -0.2) is 25.0 Å². The van der Waals surface area contributed by atoms with Crippen molar-refractivity contribution in [1.82, 2.24) is 4.31 Å². The quantitative estimate of drug-likeness (QED) is 0.840. The van der Waals surface area contributed by atoms with E-state index >= 15 is 0 Å². The Kier molecular flexibility index (Phi) is 3.63. The van der Waals surface area contributed by atoms with Crippen LogP contribution in [0.1, 0.15) is 50.2 Å². The molecule has 0 atom stereocenters. The summed E-state index contributed by atoms with van der Waals surface area (Å²) in [6.07, 6.45) is 5.96. The smallest absolute Gasteiger partial charge is 0.212 e. The zero-order valence-electron chi connectivity index (χ0n) is 12.1. The summed E-state index contributed by atoms with van der Waals surface area (Å²) in [6.45, 7) is 2.97. The molecule has 3 rings (SSSR count). The van der Waals surface area contributed by atoms with Crippen molar-refractivity contribution in [3.8, 4) is 0 Å². The summed E-state index contributed by atoms with van der Waals surface area (Å²) in [6, 6.07) is 8.44. The zero-order valence-corrected chi connectivity index (χ0v) is 13.0. The van der Waals surface area contributed by atoms with Gasteiger partial charge in [-0.25, -0.2) is 8.42 Å². The van der Waals surface area contributed by atoms with Gasteiger partial charge in [-0.15, -0.1) is 0 Å². The molecule has 20 heavy (non-hydrogen) atoms. The molecule has 1 aliphatic carbocycles. The van der Waals surface area contributed by atoms with Crippen LogP contribution in [0.5, 0.6) is 0 Å². The Balaban J connectivity index is 2.05. The van der Waals surface area contributed by atoms with E-state index in [0.717, 1.165) is 12.8 Å². The maximum atomic E-state index is 12.3. The molecule has 0 radical (unpaired) electrons. The molecule has 0 saturated heterocycles. The fourth-order valence-electron chi connectivity index (χ4n) is 3.88. The highest BCUT2D eigenvalue weighted by atomic mass is 32.2. The summed E-state index contributed by atoms with van der Waals surface area (Å²) >= 11 is 0. The maximum absolute atomic E-state index is 12.3. The van der Waals surface area contributed by atoms with Crippen LogP contribution in [0.15, 0.2) is 24.3 Å². The minimum Gasteiger partial charge on any atom is -0.212 e. The summed E-state index contributed by atoms with van der Waals surface area (Å²) in [5.74, 6) is 0.200. The molecule has 1 aromatic carbocycles. The normalized spacial score (nSPS) is 22.6. The van der Waals surface area contributed by atoms with Crippen molar-refractivity contribution >= 4 is 10.0 Å².